The van der Waals surface area contributed by atoms with Gasteiger partial charge < -0.3 is 79.6 Å². The Hall–Kier alpha value is -12.5. The highest BCUT2D eigenvalue weighted by Crippen LogP contribution is 2.32. The van der Waals surface area contributed by atoms with Gasteiger partial charge in [0.25, 0.3) is 0 Å². The first-order valence-electron chi connectivity index (χ1n) is 44.5. The highest BCUT2D eigenvalue weighted by Gasteiger charge is 2.28. The van der Waals surface area contributed by atoms with Gasteiger partial charge in [0.05, 0.1) is 65.3 Å². The molecular formula is C91H122N24O14. The number of nitrogen functional groups attached to an aromatic ring is 4. The summed E-state index contributed by atoms with van der Waals surface area (Å²) in [4.78, 5) is 95.6. The van der Waals surface area contributed by atoms with Gasteiger partial charge in [-0.1, -0.05) is 110 Å². The molecule has 4 aliphatic rings. The number of nitrogens with two attached hydrogens (primary N) is 4. The largest absolute Gasteiger partial charge is 0.516 e. The first-order valence-corrected chi connectivity index (χ1v) is 44.5. The van der Waals surface area contributed by atoms with Crippen molar-refractivity contribution in [2.45, 2.75) is 171 Å². The second-order valence-electron chi connectivity index (χ2n) is 32.3. The lowest BCUT2D eigenvalue weighted by atomic mass is 10.1. The lowest BCUT2D eigenvalue weighted by molar-refractivity contribution is 0.0691. The fraction of sp³-hybridized carbons (Fsp3) is 0.495. The summed E-state index contributed by atoms with van der Waals surface area (Å²) in [5.41, 5.74) is 37.6. The average molecular weight is 1780 g/mol. The molecule has 0 unspecified atom stereocenters. The van der Waals surface area contributed by atoms with Gasteiger partial charge in [-0.2, -0.15) is 49.8 Å². The molecule has 690 valence electrons. The van der Waals surface area contributed by atoms with E-state index in [4.69, 9.17) is 75.0 Å². The Morgan fingerprint density at radius 2 is 0.705 bits per heavy atom. The number of imidazole rings is 4. The van der Waals surface area contributed by atoms with Crippen LogP contribution in [0.3, 0.4) is 0 Å². The number of aryl methyl sites for hydroxylation is 2. The van der Waals surface area contributed by atoms with Crippen molar-refractivity contribution in [2.24, 2.45) is 0 Å². The number of ether oxygens (including phenoxy) is 11. The van der Waals surface area contributed by atoms with Crippen molar-refractivity contribution in [3.63, 3.8) is 0 Å². The maximum atomic E-state index is 13.1. The van der Waals surface area contributed by atoms with Crippen molar-refractivity contribution >= 4 is 80.2 Å². The van der Waals surface area contributed by atoms with Crippen LogP contribution in [0.4, 0.5) is 32.9 Å². The minimum Gasteiger partial charge on any atom is -0.463 e. The lowest BCUT2D eigenvalue weighted by Gasteiger charge is -2.15. The average Bonchev–Trinajstić information content (AvgIpc) is 1.62. The predicted octanol–water partition coefficient (Wildman–Crippen LogP) is 11.0. The van der Waals surface area contributed by atoms with Crippen LogP contribution in [0.5, 0.6) is 36.1 Å². The second kappa shape index (κ2) is 46.5. The summed E-state index contributed by atoms with van der Waals surface area (Å²) in [6.45, 7) is 29.2. The third-order valence-electron chi connectivity index (χ3n) is 22.1. The van der Waals surface area contributed by atoms with Gasteiger partial charge in [0.15, 0.2) is 62.4 Å². The summed E-state index contributed by atoms with van der Waals surface area (Å²) < 4.78 is 67.0. The zero-order chi connectivity index (χ0) is 90.7. The molecule has 8 aromatic heterocycles. The molecular weight excluding hydrogens is 1650 g/mol. The number of anilines is 4. The molecule has 4 fully saturated rings. The molecule has 0 atom stereocenters. The standard InChI is InChI=1S/C24H32N6O5.C23H30N6O5.C22H30N6O3.C22H30N6O/c1-16(2)34-24(31)35-23-26-19-20(25)27-22(33-12-11-32-3)28-21(19)30(23)15-18-8-6-7-17(13-18)14-29-9-4-5-10-29;1-3-32-23(30)34-22-25-18-19(24)26-21(33-12-11-31-2)27-20(18)29(22)15-17-8-6-7-16(13-17)14-28-9-4-5-10-28;1-3-27-18-19(23)24-21(31-12-11-30-2)25-20(18)28(22(27)29)15-17-8-6-7-16(13-17)14-26-9-4-5-10-26;1-3-4-12-29-22-25-20(23)19-21(26-22)28(16(2)24-19)15-18-9-7-8-17(13-18)14-27-10-5-6-11-27/h6-8,13,16H,4-5,9-12,14-15H2,1-3H3,(H2,25,27,28);6-8,13H,3-5,9-12,14-15H2,1-2H3,(H2,24,26,27);6-8,13H,3-5,9-12,14-15H2,1-2H3,(H2,23,24,25);7-9,13H,3-6,10-12,14-15H2,1-2H3,(H2,23,25,26). The smallest absolute Gasteiger partial charge is 0.463 e. The Morgan fingerprint density at radius 1 is 0.380 bits per heavy atom. The SMILES string of the molecule is CCCCOc1nc(N)c2nc(C)n(Cc3cccc(CN4CCCC4)c3)c2n1.CCOC(=O)Oc1nc2c(N)nc(OCCOC)nc2n1Cc1cccc(CN2CCCC2)c1.CCn1c(=O)n(Cc2cccc(CN3CCCC3)c2)c2nc(OCCOC)nc(N)c21.COCCOc1nc(N)c2nc(OC(=O)OC(C)C)n(Cc3cccc(CN4CCCC4)c3)c2n1. The molecule has 4 aromatic carbocycles. The minimum absolute atomic E-state index is 0.0191. The van der Waals surface area contributed by atoms with Gasteiger partial charge in [-0.15, -0.1) is 0 Å². The van der Waals surface area contributed by atoms with Crippen LogP contribution in [-0.4, -0.2) is 242 Å². The van der Waals surface area contributed by atoms with E-state index in [0.717, 1.165) is 106 Å². The van der Waals surface area contributed by atoms with Crippen LogP contribution in [0.1, 0.15) is 149 Å². The number of unbranched alkanes of at least 4 members (excludes halogenated alkanes) is 1. The van der Waals surface area contributed by atoms with E-state index in [1.165, 1.54) is 92.3 Å². The van der Waals surface area contributed by atoms with Crippen molar-refractivity contribution in [1.82, 2.24) is 97.3 Å². The molecule has 0 saturated carbocycles. The molecule has 129 heavy (non-hydrogen) atoms. The number of carbonyl (C=O) groups is 2. The predicted molar refractivity (Wildman–Crippen MR) is 488 cm³/mol. The van der Waals surface area contributed by atoms with E-state index < -0.39 is 12.3 Å². The molecule has 4 saturated heterocycles. The van der Waals surface area contributed by atoms with Crippen LogP contribution < -0.4 is 57.0 Å². The van der Waals surface area contributed by atoms with Crippen LogP contribution in [-0.2, 0) is 82.6 Å². The topological polar surface area (TPSA) is 436 Å². The number of carbonyl (C=O) groups excluding carboxylic acids is 2. The van der Waals surface area contributed by atoms with Gasteiger partial charge in [0, 0.05) is 54.1 Å². The van der Waals surface area contributed by atoms with Crippen LogP contribution >= 0.6 is 0 Å². The summed E-state index contributed by atoms with van der Waals surface area (Å²) >= 11 is 0. The maximum absolute atomic E-state index is 13.1. The molecule has 0 aliphatic carbocycles. The van der Waals surface area contributed by atoms with Gasteiger partial charge in [-0.25, -0.2) is 19.4 Å². The van der Waals surface area contributed by atoms with Crippen molar-refractivity contribution in [3.05, 3.63) is 158 Å². The molecule has 16 rings (SSSR count). The fourth-order valence-electron chi connectivity index (χ4n) is 15.9. The van der Waals surface area contributed by atoms with E-state index in [1.807, 2.05) is 50.2 Å². The van der Waals surface area contributed by atoms with E-state index in [2.05, 4.69) is 147 Å². The van der Waals surface area contributed by atoms with E-state index >= 15 is 0 Å². The van der Waals surface area contributed by atoms with E-state index in [-0.39, 0.29) is 79.1 Å². The minimum atomic E-state index is -0.859. The van der Waals surface area contributed by atoms with E-state index in [1.54, 1.807) is 60.4 Å². The highest BCUT2D eigenvalue weighted by molar-refractivity contribution is 5.86. The summed E-state index contributed by atoms with van der Waals surface area (Å²) in [6, 6.07) is 34.4. The number of hydrogen-bond donors (Lipinski definition) is 4. The molecule has 0 spiro atoms. The Bertz CT molecular complexity index is 5750. The van der Waals surface area contributed by atoms with Crippen molar-refractivity contribution < 1.29 is 61.7 Å². The third-order valence-corrected chi connectivity index (χ3v) is 22.1. The maximum Gasteiger partial charge on any atom is 0.516 e. The quantitative estimate of drug-likeness (QED) is 0.0207. The van der Waals surface area contributed by atoms with Crippen LogP contribution in [0.2, 0.25) is 0 Å². The molecule has 4 aliphatic heterocycles. The first-order chi connectivity index (χ1) is 62.7. The van der Waals surface area contributed by atoms with Crippen molar-refractivity contribution in [2.75, 3.05) is 149 Å². The van der Waals surface area contributed by atoms with Crippen molar-refractivity contribution in [1.29, 1.82) is 0 Å². The number of benzene rings is 4. The molecule has 8 N–H and O–H groups in total. The molecule has 0 radical (unpaired) electrons. The molecule has 38 nitrogen and oxygen atoms in total. The summed E-state index contributed by atoms with van der Waals surface area (Å²) in [7, 11) is 4.75. The molecule has 12 aromatic rings. The zero-order valence-corrected chi connectivity index (χ0v) is 75.5. The normalized spacial score (nSPS) is 14.3. The third kappa shape index (κ3) is 25.7. The molecule has 0 bridgehead atoms. The van der Waals surface area contributed by atoms with Crippen LogP contribution in [0, 0.1) is 6.92 Å². The Balaban J connectivity index is 0.000000147. The van der Waals surface area contributed by atoms with Gasteiger partial charge in [0.2, 0.25) is 0 Å². The fourth-order valence-corrected chi connectivity index (χ4v) is 15.9. The van der Waals surface area contributed by atoms with Gasteiger partial charge in [-0.3, -0.25) is 37.9 Å². The van der Waals surface area contributed by atoms with Crippen LogP contribution in [0.15, 0.2) is 102 Å². The first kappa shape index (κ1) is 94.2. The number of aromatic nitrogens is 16. The summed E-state index contributed by atoms with van der Waals surface area (Å²) in [6.07, 6.45) is 10.1. The van der Waals surface area contributed by atoms with Crippen LogP contribution in [0.25, 0.3) is 44.7 Å². The second-order valence-corrected chi connectivity index (χ2v) is 32.3. The van der Waals surface area contributed by atoms with Gasteiger partial charge in [-0.05, 0) is 189 Å². The van der Waals surface area contributed by atoms with Gasteiger partial charge in [0.1, 0.15) is 31.2 Å². The summed E-state index contributed by atoms with van der Waals surface area (Å²) in [5.74, 6) is 1.71. The van der Waals surface area contributed by atoms with E-state index in [0.29, 0.717) is 117 Å². The van der Waals surface area contributed by atoms with E-state index in [9.17, 15) is 14.4 Å². The molecule has 0 amide bonds. The number of rotatable bonds is 37. The van der Waals surface area contributed by atoms with Crippen molar-refractivity contribution in [3.8, 4) is 36.1 Å². The van der Waals surface area contributed by atoms with Gasteiger partial charge >= 0.3 is 54.1 Å². The number of likely N-dealkylation sites (tertiary alicyclic amines) is 4. The zero-order valence-electron chi connectivity index (χ0n) is 75.5. The Kier molecular flexibility index (Phi) is 33.9. The monoisotopic (exact) mass is 1770 g/mol. The Labute approximate surface area is 749 Å². The lowest BCUT2D eigenvalue weighted by Crippen LogP contribution is -2.24. The Morgan fingerprint density at radius 3 is 1.06 bits per heavy atom. The number of methoxy groups -OCH3 is 3. The molecule has 12 heterocycles. The number of hydrogen-bond acceptors (Lipinski definition) is 33. The highest BCUT2D eigenvalue weighted by atomic mass is 16.7. The number of fused-ring (bicyclic) bond motifs is 4. The summed E-state index contributed by atoms with van der Waals surface area (Å²) in [5, 5.41) is 0. The molecule has 38 heteroatoms. The number of nitrogens with zero attached hydrogens (tertiary/aromatic N) is 20.